The molecular formula is C46H51N5O6+4. The molecule has 2 radical (unpaired) electrons. The normalized spacial score (nSPS) is 29.5. The Hall–Kier alpha value is -5.33. The van der Waals surface area contributed by atoms with Crippen LogP contribution in [0.2, 0.25) is 0 Å². The van der Waals surface area contributed by atoms with E-state index in [4.69, 9.17) is 14.2 Å². The third-order valence-electron chi connectivity index (χ3n) is 11.3. The van der Waals surface area contributed by atoms with Crippen molar-refractivity contribution in [3.8, 4) is 0 Å². The third kappa shape index (κ3) is 9.13. The highest BCUT2D eigenvalue weighted by Crippen LogP contribution is 2.42. The van der Waals surface area contributed by atoms with Gasteiger partial charge in [-0.3, -0.25) is 29.1 Å². The summed E-state index contributed by atoms with van der Waals surface area (Å²) < 4.78 is 20.1. The van der Waals surface area contributed by atoms with E-state index in [1.807, 2.05) is 48.1 Å². The summed E-state index contributed by atoms with van der Waals surface area (Å²) in [6, 6.07) is 4.19. The number of imide groups is 1. The Bertz CT molecular complexity index is 2210. The number of esters is 1. The largest absolute Gasteiger partial charge is 0.462 e. The molecule has 23 rings (SSSR count). The van der Waals surface area contributed by atoms with Crippen LogP contribution >= 0.6 is 0 Å². The van der Waals surface area contributed by atoms with Crippen molar-refractivity contribution in [2.45, 2.75) is 32.6 Å². The molecule has 4 atom stereocenters. The topological polar surface area (TPSA) is 99.9 Å². The van der Waals surface area contributed by atoms with Crippen LogP contribution in [0.3, 0.4) is 0 Å². The summed E-state index contributed by atoms with van der Waals surface area (Å²) in [5, 5.41) is 1.15. The molecule has 21 heterocycles. The van der Waals surface area contributed by atoms with Gasteiger partial charge in [0.2, 0.25) is 11.8 Å². The fourth-order valence-corrected chi connectivity index (χ4v) is 8.19. The highest BCUT2D eigenvalue weighted by Gasteiger charge is 2.54. The van der Waals surface area contributed by atoms with Gasteiger partial charge in [0.25, 0.3) is 0 Å². The average molecular weight is 770 g/mol. The summed E-state index contributed by atoms with van der Waals surface area (Å²) in [5.41, 5.74) is 7.12. The molecule has 2 N–H and O–H groups in total. The van der Waals surface area contributed by atoms with Gasteiger partial charge in [0, 0.05) is 54.4 Å². The molecule has 57 heavy (non-hydrogen) atoms. The fraction of sp³-hybridized carbons (Fsp3) is 0.326. The van der Waals surface area contributed by atoms with E-state index >= 15 is 0 Å². The fourth-order valence-electron chi connectivity index (χ4n) is 8.19. The van der Waals surface area contributed by atoms with E-state index in [2.05, 4.69) is 90.7 Å². The average Bonchev–Trinajstić information content (AvgIpc) is 3.48. The minimum absolute atomic E-state index is 0.0208. The van der Waals surface area contributed by atoms with E-state index in [1.165, 1.54) is 32.8 Å². The molecule has 292 valence electrons. The van der Waals surface area contributed by atoms with Crippen molar-refractivity contribution in [3.63, 3.8) is 0 Å². The number of pyridine rings is 1. The van der Waals surface area contributed by atoms with Crippen LogP contribution in [0.1, 0.15) is 32.6 Å². The summed E-state index contributed by atoms with van der Waals surface area (Å²) in [4.78, 5) is 44.7. The molecule has 11 heteroatoms. The first-order valence-corrected chi connectivity index (χ1v) is 20.1. The second-order valence-corrected chi connectivity index (χ2v) is 15.0. The van der Waals surface area contributed by atoms with Crippen LogP contribution in [0.25, 0.3) is 5.57 Å². The highest BCUT2D eigenvalue weighted by molar-refractivity contribution is 6.10. The maximum Gasteiger partial charge on any atom is 0.326 e. The summed E-state index contributed by atoms with van der Waals surface area (Å²) in [6.45, 7) is 4.90. The highest BCUT2D eigenvalue weighted by atomic mass is 16.6. The number of carbonyl (C=O) groups excluding carboxylic acids is 3. The van der Waals surface area contributed by atoms with E-state index in [1.54, 1.807) is 0 Å². The van der Waals surface area contributed by atoms with E-state index in [-0.39, 0.29) is 13.2 Å². The van der Waals surface area contributed by atoms with Crippen molar-refractivity contribution >= 4 is 29.6 Å². The molecule has 1 aromatic rings. The molecule has 11 nitrogen and oxygen atoms in total. The molecule has 1 saturated heterocycles. The zero-order valence-corrected chi connectivity index (χ0v) is 32.5. The number of nitrogens with one attached hydrogen (secondary N) is 2. The van der Waals surface area contributed by atoms with E-state index in [0.717, 1.165) is 59.4 Å². The Morgan fingerprint density at radius 3 is 2.23 bits per heavy atom. The quantitative estimate of drug-likeness (QED) is 0.170. The van der Waals surface area contributed by atoms with Crippen molar-refractivity contribution in [1.82, 2.24) is 4.90 Å². The third-order valence-corrected chi connectivity index (χ3v) is 11.3. The number of quaternary nitrogens is 2. The lowest BCUT2D eigenvalue weighted by molar-refractivity contribution is -0.791. The number of nitrogens with zero attached hydrogens (tertiary/aromatic N) is 3. The lowest BCUT2D eigenvalue weighted by Gasteiger charge is -2.24. The Kier molecular flexibility index (Phi) is 12.1. The number of hydrogen-bond acceptors (Lipinski definition) is 6. The first-order valence-electron chi connectivity index (χ1n) is 20.1. The molecule has 1 aromatic heterocycles. The van der Waals surface area contributed by atoms with Crippen LogP contribution in [0.15, 0.2) is 132 Å². The number of ether oxygens (including phenoxy) is 3. The zero-order valence-electron chi connectivity index (χ0n) is 32.5. The van der Waals surface area contributed by atoms with Gasteiger partial charge in [0.05, 0.1) is 69.5 Å². The molecule has 4 unspecified atom stereocenters. The standard InChI is InChI=1S/C46H49N5O6/c1-2-55-25-26-56-27-28-57-42(52)33-51-45(53)43-40-7-8-41(44(43)46(51)54)32-50-23-15-39(16-24-50)37-11-19-48(20-12-37)30-35-4-3-34(5-6-35)29-47-17-9-36(10-18-47)38-13-21-49(31-40)22-14-38/h3-4,7-11,13,15-19,21,23-24,29-32,43-44H,2,5-6,12,14,20,22,25-28,33H2,1H3/q+2/p+2/b34-29+,35-30+,39-37?,40-31+,50-32?. The summed E-state index contributed by atoms with van der Waals surface area (Å²) >= 11 is 0. The van der Waals surface area contributed by atoms with Gasteiger partial charge < -0.3 is 14.2 Å². The van der Waals surface area contributed by atoms with E-state index < -0.39 is 36.2 Å². The summed E-state index contributed by atoms with van der Waals surface area (Å²) in [6.07, 6.45) is 41.9. The predicted octanol–water partition coefficient (Wildman–Crippen LogP) is 1.21. The summed E-state index contributed by atoms with van der Waals surface area (Å²) in [7, 11) is 0. The number of amides is 2. The van der Waals surface area contributed by atoms with E-state index in [0.29, 0.717) is 25.7 Å². The lowest BCUT2D eigenvalue weighted by atomic mass is 9.75. The molecule has 12 bridgehead atoms. The van der Waals surface area contributed by atoms with Gasteiger partial charge in [-0.1, -0.05) is 24.3 Å². The molecule has 2 amide bonds. The van der Waals surface area contributed by atoms with Crippen LogP contribution in [0.5, 0.6) is 0 Å². The number of allylic oxidation sites excluding steroid dienone is 10. The lowest BCUT2D eigenvalue weighted by Crippen LogP contribution is -3.03. The number of likely N-dealkylation sites (tertiary alicyclic amines) is 1. The van der Waals surface area contributed by atoms with Crippen LogP contribution in [0.4, 0.5) is 0 Å². The molecule has 0 spiro atoms. The number of aromatic nitrogens is 1. The smallest absolute Gasteiger partial charge is 0.326 e. The zero-order chi connectivity index (χ0) is 39.1. The van der Waals surface area contributed by atoms with Gasteiger partial charge in [0.15, 0.2) is 37.2 Å². The molecule has 20 aliphatic heterocycles. The molecule has 0 saturated carbocycles. The van der Waals surface area contributed by atoms with Crippen molar-refractivity contribution in [2.24, 2.45) is 11.8 Å². The first kappa shape index (κ1) is 38.5. The van der Waals surface area contributed by atoms with Crippen molar-refractivity contribution in [1.29, 1.82) is 0 Å². The maximum absolute atomic E-state index is 14.1. The minimum Gasteiger partial charge on any atom is -0.462 e. The number of hydrogen-bond donors (Lipinski definition) is 2. The van der Waals surface area contributed by atoms with Gasteiger partial charge in [0.1, 0.15) is 25.6 Å². The van der Waals surface area contributed by atoms with Crippen molar-refractivity contribution < 1.29 is 47.2 Å². The second-order valence-electron chi connectivity index (χ2n) is 15.0. The maximum atomic E-state index is 14.1. The van der Waals surface area contributed by atoms with Gasteiger partial charge >= 0.3 is 5.97 Å². The van der Waals surface area contributed by atoms with Gasteiger partial charge in [-0.05, 0) is 53.9 Å². The van der Waals surface area contributed by atoms with Gasteiger partial charge in [-0.15, -0.1) is 0 Å². The molecule has 22 aliphatic rings. The monoisotopic (exact) mass is 769 g/mol. The van der Waals surface area contributed by atoms with Crippen molar-refractivity contribution in [3.05, 3.63) is 156 Å². The Labute approximate surface area is 333 Å². The molecule has 0 aromatic carbocycles. The van der Waals surface area contributed by atoms with Crippen LogP contribution < -0.4 is 19.3 Å². The molecule has 2 aliphatic carbocycles. The predicted molar refractivity (Wildman–Crippen MR) is 212 cm³/mol. The number of rotatable bonds is 9. The Morgan fingerprint density at radius 1 is 0.789 bits per heavy atom. The Morgan fingerprint density at radius 2 is 1.51 bits per heavy atom. The van der Waals surface area contributed by atoms with Crippen LogP contribution in [-0.2, 0) is 28.6 Å². The van der Waals surface area contributed by atoms with Crippen LogP contribution in [-0.4, -0.2) is 86.1 Å². The minimum atomic E-state index is -0.771. The van der Waals surface area contributed by atoms with Gasteiger partial charge in [-0.25, -0.2) is 0 Å². The summed E-state index contributed by atoms with van der Waals surface area (Å²) in [5.74, 6) is -2.27. The van der Waals surface area contributed by atoms with Crippen LogP contribution in [0, 0.1) is 30.4 Å². The van der Waals surface area contributed by atoms with Gasteiger partial charge in [-0.2, -0.15) is 8.82 Å². The molecular weight excluding hydrogens is 719 g/mol. The first-order chi connectivity index (χ1) is 27.9. The second kappa shape index (κ2) is 17.9. The SMILES string of the molecule is CCOCCOCCOC(=O)CN1C(=O)C2[C]3C=C/C(=C\[NH+]4C=C/C(=C5\[CH]C=[N+](C=C5)/C=C5C=C/C(=C\[NH+]6C=CC(=c7cc[n+](cc7)=C3)CC6)CC\5)CC4)C2C1=O. The number of carbonyl (C=O) groups is 3. The Balaban J connectivity index is 1.09. The van der Waals surface area contributed by atoms with Crippen molar-refractivity contribution in [2.75, 3.05) is 52.7 Å². The molecule has 1 fully saturated rings. The van der Waals surface area contributed by atoms with E-state index in [9.17, 15) is 14.4 Å².